The van der Waals surface area contributed by atoms with Crippen molar-refractivity contribution in [3.05, 3.63) is 46.7 Å². The van der Waals surface area contributed by atoms with Crippen molar-refractivity contribution in [3.63, 3.8) is 0 Å². The predicted molar refractivity (Wildman–Crippen MR) is 129 cm³/mol. The second kappa shape index (κ2) is 9.03. The normalized spacial score (nSPS) is 24.1. The molecule has 1 saturated carbocycles. The van der Waals surface area contributed by atoms with Gasteiger partial charge in [-0.1, -0.05) is 37.6 Å². The maximum absolute atomic E-state index is 13.7. The van der Waals surface area contributed by atoms with E-state index in [1.165, 1.54) is 6.33 Å². The zero-order valence-corrected chi connectivity index (χ0v) is 20.2. The van der Waals surface area contributed by atoms with E-state index in [0.29, 0.717) is 30.5 Å². The Kier molecular flexibility index (Phi) is 6.07. The van der Waals surface area contributed by atoms with Gasteiger partial charge in [0.25, 0.3) is 0 Å². The Hall–Kier alpha value is -2.91. The van der Waals surface area contributed by atoms with Crippen LogP contribution in [0.1, 0.15) is 50.3 Å². The number of amides is 2. The highest BCUT2D eigenvalue weighted by Crippen LogP contribution is 2.44. The van der Waals surface area contributed by atoms with Crippen LogP contribution < -0.4 is 15.5 Å². The first-order valence-electron chi connectivity index (χ1n) is 11.7. The lowest BCUT2D eigenvalue weighted by atomic mass is 9.96. The van der Waals surface area contributed by atoms with E-state index < -0.39 is 12.2 Å². The van der Waals surface area contributed by atoms with E-state index in [2.05, 4.69) is 39.3 Å². The molecule has 1 saturated heterocycles. The molecule has 5 rings (SSSR count). The van der Waals surface area contributed by atoms with E-state index in [1.807, 2.05) is 36.1 Å². The van der Waals surface area contributed by atoms with Crippen LogP contribution in [-0.4, -0.2) is 64.6 Å². The van der Waals surface area contributed by atoms with E-state index >= 15 is 0 Å². The molecule has 1 aromatic heterocycles. The monoisotopic (exact) mass is 484 g/mol. The standard InChI is InChI=1S/C24H29ClN6O3/c1-13(2)26-11-17(15-4-6-16(25)7-5-15)23(32)31-9-8-30(18-10-19(18)31)22-20-14(3)34-24(33)29-21(20)27-12-28-22/h4-7,12-14,17-19,26H,8-11H2,1-3H3,(H,27,28,29,33)/t14-,17-,18?,19?/m1/s1. The van der Waals surface area contributed by atoms with Crippen molar-refractivity contribution in [3.8, 4) is 0 Å². The van der Waals surface area contributed by atoms with Crippen molar-refractivity contribution in [2.24, 2.45) is 0 Å². The molecule has 2 aliphatic heterocycles. The Bertz CT molecular complexity index is 1090. The van der Waals surface area contributed by atoms with E-state index in [1.54, 1.807) is 0 Å². The Balaban J connectivity index is 1.35. The van der Waals surface area contributed by atoms with Crippen molar-refractivity contribution < 1.29 is 14.3 Å². The van der Waals surface area contributed by atoms with Gasteiger partial charge in [-0.3, -0.25) is 10.1 Å². The first kappa shape index (κ1) is 22.9. The third-order valence-electron chi connectivity index (χ3n) is 6.74. The first-order valence-corrected chi connectivity index (χ1v) is 12.1. The molecular formula is C24H29ClN6O3. The van der Waals surface area contributed by atoms with Crippen LogP contribution in [0.4, 0.5) is 16.4 Å². The molecule has 1 aliphatic carbocycles. The van der Waals surface area contributed by atoms with Gasteiger partial charge in [-0.25, -0.2) is 14.8 Å². The summed E-state index contributed by atoms with van der Waals surface area (Å²) in [4.78, 5) is 38.5. The molecule has 180 valence electrons. The molecule has 3 aliphatic rings. The van der Waals surface area contributed by atoms with Crippen molar-refractivity contribution in [1.29, 1.82) is 0 Å². The second-order valence-corrected chi connectivity index (χ2v) is 9.83. The molecule has 0 spiro atoms. The Labute approximate surface area is 203 Å². The molecule has 2 amide bonds. The maximum Gasteiger partial charge on any atom is 0.413 e. The number of cyclic esters (lactones) is 1. The number of nitrogens with zero attached hydrogens (tertiary/aromatic N) is 4. The number of rotatable bonds is 6. The summed E-state index contributed by atoms with van der Waals surface area (Å²) >= 11 is 6.09. The van der Waals surface area contributed by atoms with Gasteiger partial charge >= 0.3 is 6.09 Å². The summed E-state index contributed by atoms with van der Waals surface area (Å²) in [5.74, 6) is 1.12. The van der Waals surface area contributed by atoms with E-state index in [-0.39, 0.29) is 30.0 Å². The number of carbonyl (C=O) groups excluding carboxylic acids is 2. The highest BCUT2D eigenvalue weighted by Gasteiger charge is 2.52. The minimum absolute atomic E-state index is 0.134. The minimum Gasteiger partial charge on any atom is -0.441 e. The largest absolute Gasteiger partial charge is 0.441 e. The van der Waals surface area contributed by atoms with Crippen LogP contribution in [0.5, 0.6) is 0 Å². The second-order valence-electron chi connectivity index (χ2n) is 9.39. The fourth-order valence-electron chi connectivity index (χ4n) is 4.95. The fraction of sp³-hybridized carbons (Fsp3) is 0.500. The van der Waals surface area contributed by atoms with Gasteiger partial charge in [0.1, 0.15) is 24.1 Å². The lowest BCUT2D eigenvalue weighted by molar-refractivity contribution is -0.133. The zero-order valence-electron chi connectivity index (χ0n) is 19.5. The smallest absolute Gasteiger partial charge is 0.413 e. The summed E-state index contributed by atoms with van der Waals surface area (Å²) in [5, 5.41) is 6.75. The number of anilines is 2. The summed E-state index contributed by atoms with van der Waals surface area (Å²) in [6.07, 6.45) is 1.41. The Morgan fingerprint density at radius 3 is 2.74 bits per heavy atom. The van der Waals surface area contributed by atoms with Crippen LogP contribution in [0.25, 0.3) is 0 Å². The SMILES string of the molecule is CC(C)NC[C@@H](C(=O)N1CCN(c2ncnc3c2[C@@H](C)OC(=O)N3)C2CC21)c1ccc(Cl)cc1. The van der Waals surface area contributed by atoms with Crippen molar-refractivity contribution in [1.82, 2.24) is 20.2 Å². The molecular weight excluding hydrogens is 456 g/mol. The topological polar surface area (TPSA) is 99.7 Å². The third kappa shape index (κ3) is 4.30. The van der Waals surface area contributed by atoms with Crippen LogP contribution in [0, 0.1) is 0 Å². The van der Waals surface area contributed by atoms with Crippen LogP contribution in [-0.2, 0) is 9.53 Å². The summed E-state index contributed by atoms with van der Waals surface area (Å²) in [5.41, 5.74) is 1.75. The zero-order chi connectivity index (χ0) is 24.0. The lowest BCUT2D eigenvalue weighted by Gasteiger charge is -2.38. The third-order valence-corrected chi connectivity index (χ3v) is 6.99. The van der Waals surface area contributed by atoms with Gasteiger partial charge in [0, 0.05) is 30.7 Å². The Morgan fingerprint density at radius 1 is 1.24 bits per heavy atom. The number of halogens is 1. The molecule has 4 atom stereocenters. The first-order chi connectivity index (χ1) is 16.3. The highest BCUT2D eigenvalue weighted by molar-refractivity contribution is 6.30. The number of benzene rings is 1. The number of fused-ring (bicyclic) bond motifs is 2. The van der Waals surface area contributed by atoms with E-state index in [0.717, 1.165) is 23.4 Å². The van der Waals surface area contributed by atoms with Gasteiger partial charge in [0.2, 0.25) is 5.91 Å². The van der Waals surface area contributed by atoms with Crippen LogP contribution in [0.3, 0.4) is 0 Å². The number of piperazine rings is 1. The average Bonchev–Trinajstić information content (AvgIpc) is 3.60. The number of carbonyl (C=O) groups is 2. The maximum atomic E-state index is 13.7. The Morgan fingerprint density at radius 2 is 2.00 bits per heavy atom. The van der Waals surface area contributed by atoms with Gasteiger partial charge in [-0.15, -0.1) is 0 Å². The predicted octanol–water partition coefficient (Wildman–Crippen LogP) is 3.32. The van der Waals surface area contributed by atoms with Crippen molar-refractivity contribution >= 4 is 35.2 Å². The summed E-state index contributed by atoms with van der Waals surface area (Å²) in [6, 6.07) is 8.16. The molecule has 3 heterocycles. The quantitative estimate of drug-likeness (QED) is 0.648. The number of hydrogen-bond donors (Lipinski definition) is 2. The number of ether oxygens (including phenoxy) is 1. The summed E-state index contributed by atoms with van der Waals surface area (Å²) in [6.45, 7) is 7.81. The molecule has 9 nitrogen and oxygen atoms in total. The lowest BCUT2D eigenvalue weighted by Crippen LogP contribution is -2.51. The molecule has 10 heteroatoms. The minimum atomic E-state index is -0.507. The molecule has 2 aromatic rings. The summed E-state index contributed by atoms with van der Waals surface area (Å²) in [7, 11) is 0. The average molecular weight is 485 g/mol. The van der Waals surface area contributed by atoms with Crippen LogP contribution in [0.15, 0.2) is 30.6 Å². The fourth-order valence-corrected chi connectivity index (χ4v) is 5.08. The van der Waals surface area contributed by atoms with Gasteiger partial charge in [-0.2, -0.15) is 0 Å². The number of hydrogen-bond acceptors (Lipinski definition) is 7. The van der Waals surface area contributed by atoms with Gasteiger partial charge in [-0.05, 0) is 31.0 Å². The molecule has 0 radical (unpaired) electrons. The van der Waals surface area contributed by atoms with Gasteiger partial charge < -0.3 is 19.9 Å². The van der Waals surface area contributed by atoms with Crippen LogP contribution in [0.2, 0.25) is 5.02 Å². The van der Waals surface area contributed by atoms with Crippen molar-refractivity contribution in [2.45, 2.75) is 57.3 Å². The van der Waals surface area contributed by atoms with E-state index in [9.17, 15) is 9.59 Å². The molecule has 1 aromatic carbocycles. The molecule has 0 bridgehead atoms. The molecule has 2 unspecified atom stereocenters. The number of aromatic nitrogens is 2. The highest BCUT2D eigenvalue weighted by atomic mass is 35.5. The van der Waals surface area contributed by atoms with E-state index in [4.69, 9.17) is 16.3 Å². The summed E-state index contributed by atoms with van der Waals surface area (Å²) < 4.78 is 5.35. The molecule has 2 N–H and O–H groups in total. The van der Waals surface area contributed by atoms with Crippen LogP contribution >= 0.6 is 11.6 Å². The van der Waals surface area contributed by atoms with Crippen molar-refractivity contribution in [2.75, 3.05) is 29.9 Å². The molecule has 34 heavy (non-hydrogen) atoms. The molecule has 2 fully saturated rings. The van der Waals surface area contributed by atoms with Gasteiger partial charge in [0.05, 0.1) is 23.6 Å². The van der Waals surface area contributed by atoms with Gasteiger partial charge in [0.15, 0.2) is 0 Å². The number of nitrogens with one attached hydrogen (secondary N) is 2.